The molecule has 2 aromatic carbocycles. The first-order chi connectivity index (χ1) is 14.8. The second-order valence-electron chi connectivity index (χ2n) is 8.38. The monoisotopic (exact) mass is 437 g/mol. The first-order valence-electron chi connectivity index (χ1n) is 10.4. The molecule has 160 valence electrons. The second kappa shape index (κ2) is 7.78. The van der Waals surface area contributed by atoms with E-state index >= 15 is 0 Å². The molecule has 8 nitrogen and oxygen atoms in total. The van der Waals surface area contributed by atoms with E-state index in [1.807, 2.05) is 20.0 Å². The number of fused-ring (bicyclic) bond motifs is 4. The molecule has 31 heavy (non-hydrogen) atoms. The molecule has 1 unspecified atom stereocenters. The van der Waals surface area contributed by atoms with Gasteiger partial charge in [0.1, 0.15) is 25.2 Å². The number of benzene rings is 2. The molecule has 10 heteroatoms. The number of piperidine rings is 3. The summed E-state index contributed by atoms with van der Waals surface area (Å²) in [6, 6.07) is 10.2. The van der Waals surface area contributed by atoms with Crippen LogP contribution < -0.4 is 20.7 Å². The molecular weight excluding hydrogens is 413 g/mol. The van der Waals surface area contributed by atoms with Gasteiger partial charge in [0.15, 0.2) is 0 Å². The zero-order valence-electron chi connectivity index (χ0n) is 17.3. The summed E-state index contributed by atoms with van der Waals surface area (Å²) < 4.78 is 29.4. The zero-order chi connectivity index (χ0) is 21.6. The Kier molecular flexibility index (Phi) is 5.08. The van der Waals surface area contributed by atoms with Crippen LogP contribution in [0.3, 0.4) is 0 Å². The minimum atomic E-state index is -3.73. The molecule has 3 saturated heterocycles. The van der Waals surface area contributed by atoms with Crippen LogP contribution in [0, 0.1) is 5.92 Å². The van der Waals surface area contributed by atoms with Gasteiger partial charge in [-0.15, -0.1) is 0 Å². The fourth-order valence-electron chi connectivity index (χ4n) is 4.47. The van der Waals surface area contributed by atoms with E-state index in [0.717, 1.165) is 28.7 Å². The van der Waals surface area contributed by atoms with E-state index in [9.17, 15) is 8.42 Å². The Balaban J connectivity index is 1.43. The first-order valence-corrected chi connectivity index (χ1v) is 12.0. The maximum Gasteiger partial charge on any atom is 0.238 e. The van der Waals surface area contributed by atoms with Gasteiger partial charge in [-0.1, -0.05) is 11.5 Å². The van der Waals surface area contributed by atoms with Crippen molar-refractivity contribution in [1.82, 2.24) is 14.9 Å². The van der Waals surface area contributed by atoms with Gasteiger partial charge in [-0.05, 0) is 62.2 Å². The average molecular weight is 437 g/mol. The average Bonchev–Trinajstić information content (AvgIpc) is 2.75. The number of hydrogen-bond acceptors (Lipinski definition) is 7. The molecule has 3 N–H and O–H groups in total. The Hall–Kier alpha value is -2.69. The van der Waals surface area contributed by atoms with Crippen molar-refractivity contribution in [3.63, 3.8) is 0 Å². The fourth-order valence-corrected chi connectivity index (χ4v) is 4.99. The van der Waals surface area contributed by atoms with Crippen LogP contribution in [-0.4, -0.2) is 56.9 Å². The Morgan fingerprint density at radius 3 is 2.55 bits per heavy atom. The van der Waals surface area contributed by atoms with E-state index in [0.29, 0.717) is 17.6 Å². The Morgan fingerprint density at radius 1 is 1.16 bits per heavy atom. The van der Waals surface area contributed by atoms with Crippen LogP contribution in [0.2, 0.25) is 0 Å². The van der Waals surface area contributed by atoms with E-state index in [4.69, 9.17) is 14.9 Å². The van der Waals surface area contributed by atoms with Gasteiger partial charge in [0.2, 0.25) is 16.0 Å². The topological polar surface area (TPSA) is 110 Å². The minimum Gasteiger partial charge on any atom is -0.487 e. The molecular formula is C21H24BN5O3S. The van der Waals surface area contributed by atoms with Gasteiger partial charge < -0.3 is 10.1 Å². The SMILES string of the molecule is Bc1cc(OC2CN3CCC2CC3)c2nc(Nc3ccc(S(N)(=O)=O)cc3)ncc2c1. The Bertz CT molecular complexity index is 1230. The van der Waals surface area contributed by atoms with Crippen molar-refractivity contribution in [3.8, 4) is 5.75 Å². The van der Waals surface area contributed by atoms with E-state index in [2.05, 4.69) is 15.2 Å². The van der Waals surface area contributed by atoms with Gasteiger partial charge in [0.25, 0.3) is 0 Å². The smallest absolute Gasteiger partial charge is 0.238 e. The number of aromatic nitrogens is 2. The number of ether oxygens (including phenoxy) is 1. The summed E-state index contributed by atoms with van der Waals surface area (Å²) in [5, 5.41) is 9.21. The summed E-state index contributed by atoms with van der Waals surface area (Å²) in [5.74, 6) is 1.79. The van der Waals surface area contributed by atoms with Crippen molar-refractivity contribution in [2.45, 2.75) is 23.8 Å². The van der Waals surface area contributed by atoms with Crippen LogP contribution in [0.15, 0.2) is 47.5 Å². The number of hydrogen-bond donors (Lipinski definition) is 2. The summed E-state index contributed by atoms with van der Waals surface area (Å²) in [6.45, 7) is 3.30. The highest BCUT2D eigenvalue weighted by molar-refractivity contribution is 7.89. The number of sulfonamides is 1. The number of rotatable bonds is 5. The van der Waals surface area contributed by atoms with E-state index < -0.39 is 10.0 Å². The van der Waals surface area contributed by atoms with Crippen LogP contribution in [-0.2, 0) is 10.0 Å². The van der Waals surface area contributed by atoms with Crippen LogP contribution in [0.5, 0.6) is 5.75 Å². The summed E-state index contributed by atoms with van der Waals surface area (Å²) in [5.41, 5.74) is 2.53. The van der Waals surface area contributed by atoms with Crippen LogP contribution in [0.25, 0.3) is 10.9 Å². The number of primary sulfonamides is 1. The number of nitrogens with two attached hydrogens (primary N) is 1. The molecule has 3 aliphatic heterocycles. The molecule has 0 spiro atoms. The first kappa shape index (κ1) is 20.2. The lowest BCUT2D eigenvalue weighted by Gasteiger charge is -2.44. The lowest BCUT2D eigenvalue weighted by atomic mass is 9.85. The maximum atomic E-state index is 11.4. The Morgan fingerprint density at radius 2 is 1.90 bits per heavy atom. The van der Waals surface area contributed by atoms with E-state index in [1.54, 1.807) is 18.3 Å². The summed E-state index contributed by atoms with van der Waals surface area (Å²) >= 11 is 0. The lowest BCUT2D eigenvalue weighted by Crippen LogP contribution is -2.52. The highest BCUT2D eigenvalue weighted by atomic mass is 32.2. The molecule has 0 aliphatic carbocycles. The van der Waals surface area contributed by atoms with Crippen molar-refractivity contribution < 1.29 is 13.2 Å². The molecule has 0 radical (unpaired) electrons. The third kappa shape index (κ3) is 4.23. The second-order valence-corrected chi connectivity index (χ2v) is 9.94. The zero-order valence-corrected chi connectivity index (χ0v) is 18.1. The van der Waals surface area contributed by atoms with Crippen molar-refractivity contribution in [2.24, 2.45) is 11.1 Å². The van der Waals surface area contributed by atoms with Gasteiger partial charge in [0.05, 0.1) is 4.90 Å². The number of nitrogens with zero attached hydrogens (tertiary/aromatic N) is 3. The highest BCUT2D eigenvalue weighted by Gasteiger charge is 2.35. The molecule has 0 amide bonds. The predicted molar refractivity (Wildman–Crippen MR) is 122 cm³/mol. The van der Waals surface area contributed by atoms with E-state index in [-0.39, 0.29) is 11.0 Å². The molecule has 1 atom stereocenters. The fraction of sp³-hybridized carbons (Fsp3) is 0.333. The number of nitrogens with one attached hydrogen (secondary N) is 1. The molecule has 3 fully saturated rings. The van der Waals surface area contributed by atoms with Crippen LogP contribution >= 0.6 is 0 Å². The summed E-state index contributed by atoms with van der Waals surface area (Å²) in [7, 11) is -1.68. The summed E-state index contributed by atoms with van der Waals surface area (Å²) in [4.78, 5) is 11.6. The third-order valence-corrected chi connectivity index (χ3v) is 7.04. The summed E-state index contributed by atoms with van der Waals surface area (Å²) in [6.07, 6.45) is 4.33. The van der Waals surface area contributed by atoms with Crippen molar-refractivity contribution in [3.05, 3.63) is 42.6 Å². The normalized spacial score (nSPS) is 23.1. The van der Waals surface area contributed by atoms with Crippen LogP contribution in [0.4, 0.5) is 11.6 Å². The van der Waals surface area contributed by atoms with Gasteiger partial charge >= 0.3 is 0 Å². The standard InChI is InChI=1S/C21H24BN5O3S/c22-15-9-14-11-24-21(25-16-1-3-17(4-2-16)31(23,28)29)26-20(14)18(10-15)30-19-12-27-7-5-13(19)6-8-27/h1-4,9-11,13,19H,5-8,12,22H2,(H2,23,28,29)(H,24,25,26). The van der Waals surface area contributed by atoms with Gasteiger partial charge in [-0.3, -0.25) is 4.90 Å². The highest BCUT2D eigenvalue weighted by Crippen LogP contribution is 2.33. The van der Waals surface area contributed by atoms with Crippen molar-refractivity contribution in [2.75, 3.05) is 25.0 Å². The minimum absolute atomic E-state index is 0.0566. The number of anilines is 2. The largest absolute Gasteiger partial charge is 0.487 e. The Labute approximate surface area is 182 Å². The van der Waals surface area contributed by atoms with Crippen molar-refractivity contribution in [1.29, 1.82) is 0 Å². The van der Waals surface area contributed by atoms with Crippen molar-refractivity contribution >= 4 is 45.9 Å². The molecule has 6 rings (SSSR count). The molecule has 3 aromatic rings. The quantitative estimate of drug-likeness (QED) is 0.567. The molecule has 2 bridgehead atoms. The molecule has 4 heterocycles. The predicted octanol–water partition coefficient (Wildman–Crippen LogP) is 0.752. The molecule has 0 saturated carbocycles. The lowest BCUT2D eigenvalue weighted by molar-refractivity contribution is -0.00706. The van der Waals surface area contributed by atoms with Gasteiger partial charge in [0, 0.05) is 23.8 Å². The molecule has 3 aliphatic rings. The van der Waals surface area contributed by atoms with Crippen LogP contribution in [0.1, 0.15) is 12.8 Å². The van der Waals surface area contributed by atoms with Gasteiger partial charge in [-0.25, -0.2) is 23.5 Å². The van der Waals surface area contributed by atoms with E-state index in [1.165, 1.54) is 38.1 Å². The maximum absolute atomic E-state index is 11.4. The van der Waals surface area contributed by atoms with Gasteiger partial charge in [-0.2, -0.15) is 0 Å². The third-order valence-electron chi connectivity index (χ3n) is 6.11. The molecule has 1 aromatic heterocycles.